The molecule has 1 amide bonds. The highest BCUT2D eigenvalue weighted by molar-refractivity contribution is 6.18. The van der Waals surface area contributed by atoms with Gasteiger partial charge in [0.15, 0.2) is 0 Å². The van der Waals surface area contributed by atoms with Crippen LogP contribution in [0.15, 0.2) is 0 Å². The average molecular weight is 177 g/mol. The van der Waals surface area contributed by atoms with E-state index in [2.05, 4.69) is 0 Å². The Kier molecular flexibility index (Phi) is 2.73. The van der Waals surface area contributed by atoms with Gasteiger partial charge in [-0.05, 0) is 0 Å². The third-order valence-electron chi connectivity index (χ3n) is 2.14. The quantitative estimate of drug-likeness (QED) is 0.574. The normalized spacial score (nSPS) is 31.0. The Bertz CT molecular complexity index is 163. The standard InChI is InChI=1S/C7H13ClN2O/c1-5(11)10-3-6(2-8)7(9)4-10/h6-7H,2-4,9H2,1H3. The highest BCUT2D eigenvalue weighted by Gasteiger charge is 2.30. The zero-order valence-electron chi connectivity index (χ0n) is 6.59. The van der Waals surface area contributed by atoms with Gasteiger partial charge in [0.05, 0.1) is 0 Å². The Balaban J connectivity index is 2.49. The molecule has 0 spiro atoms. The molecule has 0 aromatic heterocycles. The number of halogens is 1. The Morgan fingerprint density at radius 3 is 2.64 bits per heavy atom. The zero-order valence-corrected chi connectivity index (χ0v) is 7.34. The van der Waals surface area contributed by atoms with Crippen molar-refractivity contribution in [2.75, 3.05) is 19.0 Å². The fourth-order valence-electron chi connectivity index (χ4n) is 1.32. The minimum absolute atomic E-state index is 0.0661. The van der Waals surface area contributed by atoms with E-state index in [1.165, 1.54) is 0 Å². The van der Waals surface area contributed by atoms with Crippen LogP contribution in [0.1, 0.15) is 6.92 Å². The molecule has 1 aliphatic rings. The molecule has 1 aliphatic heterocycles. The molecule has 4 heteroatoms. The molecular formula is C7H13ClN2O. The first-order valence-corrected chi connectivity index (χ1v) is 4.25. The van der Waals surface area contributed by atoms with Gasteiger partial charge < -0.3 is 10.6 Å². The van der Waals surface area contributed by atoms with Gasteiger partial charge in [-0.1, -0.05) is 0 Å². The smallest absolute Gasteiger partial charge is 0.219 e. The van der Waals surface area contributed by atoms with Crippen LogP contribution in [0.3, 0.4) is 0 Å². The third kappa shape index (κ3) is 1.84. The number of nitrogens with two attached hydrogens (primary N) is 1. The summed E-state index contributed by atoms with van der Waals surface area (Å²) in [5.74, 6) is 0.916. The largest absolute Gasteiger partial charge is 0.341 e. The van der Waals surface area contributed by atoms with Crippen LogP contribution in [0.5, 0.6) is 0 Å². The number of likely N-dealkylation sites (tertiary alicyclic amines) is 1. The highest BCUT2D eigenvalue weighted by atomic mass is 35.5. The first kappa shape index (κ1) is 8.81. The number of hydrogen-bond acceptors (Lipinski definition) is 2. The summed E-state index contributed by atoms with van der Waals surface area (Å²) >= 11 is 5.65. The lowest BCUT2D eigenvalue weighted by molar-refractivity contribution is -0.127. The number of alkyl halides is 1. The van der Waals surface area contributed by atoms with Crippen LogP contribution in [-0.2, 0) is 4.79 Å². The summed E-state index contributed by atoms with van der Waals surface area (Å²) < 4.78 is 0. The Morgan fingerprint density at radius 2 is 2.36 bits per heavy atom. The average Bonchev–Trinajstić information content (AvgIpc) is 2.31. The summed E-state index contributed by atoms with van der Waals surface area (Å²) in [6.45, 7) is 2.94. The van der Waals surface area contributed by atoms with Crippen molar-refractivity contribution in [3.63, 3.8) is 0 Å². The number of amides is 1. The first-order valence-electron chi connectivity index (χ1n) is 3.72. The summed E-state index contributed by atoms with van der Waals surface area (Å²) in [6, 6.07) is 0.0661. The summed E-state index contributed by atoms with van der Waals surface area (Å²) in [5, 5.41) is 0. The summed E-state index contributed by atoms with van der Waals surface area (Å²) in [7, 11) is 0. The molecule has 2 N–H and O–H groups in total. The van der Waals surface area contributed by atoms with E-state index in [1.807, 2.05) is 0 Å². The summed E-state index contributed by atoms with van der Waals surface area (Å²) in [4.78, 5) is 12.6. The highest BCUT2D eigenvalue weighted by Crippen LogP contribution is 2.16. The molecule has 2 unspecified atom stereocenters. The predicted octanol–water partition coefficient (Wildman–Crippen LogP) is 0.0308. The SMILES string of the molecule is CC(=O)N1CC(N)C(CCl)C1. The fourth-order valence-corrected chi connectivity index (χ4v) is 1.64. The molecular weight excluding hydrogens is 164 g/mol. The monoisotopic (exact) mass is 176 g/mol. The van der Waals surface area contributed by atoms with Crippen molar-refractivity contribution in [3.05, 3.63) is 0 Å². The Hall–Kier alpha value is -0.280. The molecule has 0 bridgehead atoms. The minimum atomic E-state index is 0.0661. The van der Waals surface area contributed by atoms with Crippen molar-refractivity contribution in [2.24, 2.45) is 11.7 Å². The maximum atomic E-state index is 10.9. The fraction of sp³-hybridized carbons (Fsp3) is 0.857. The van der Waals surface area contributed by atoms with Gasteiger partial charge >= 0.3 is 0 Å². The van der Waals surface area contributed by atoms with E-state index >= 15 is 0 Å². The van der Waals surface area contributed by atoms with Crippen molar-refractivity contribution in [3.8, 4) is 0 Å². The topological polar surface area (TPSA) is 46.3 Å². The van der Waals surface area contributed by atoms with E-state index in [1.54, 1.807) is 11.8 Å². The number of carbonyl (C=O) groups is 1. The lowest BCUT2D eigenvalue weighted by Gasteiger charge is -2.11. The van der Waals surface area contributed by atoms with Gasteiger partial charge in [-0.15, -0.1) is 11.6 Å². The van der Waals surface area contributed by atoms with Gasteiger partial charge in [0.2, 0.25) is 5.91 Å². The van der Waals surface area contributed by atoms with E-state index < -0.39 is 0 Å². The predicted molar refractivity (Wildman–Crippen MR) is 44.4 cm³/mol. The maximum absolute atomic E-state index is 10.9. The molecule has 0 saturated carbocycles. The second-order valence-corrected chi connectivity index (χ2v) is 3.31. The molecule has 1 saturated heterocycles. The van der Waals surface area contributed by atoms with Crippen LogP contribution < -0.4 is 5.73 Å². The molecule has 2 atom stereocenters. The van der Waals surface area contributed by atoms with E-state index in [9.17, 15) is 4.79 Å². The van der Waals surface area contributed by atoms with Crippen LogP contribution in [0.2, 0.25) is 0 Å². The maximum Gasteiger partial charge on any atom is 0.219 e. The first-order chi connectivity index (χ1) is 5.15. The van der Waals surface area contributed by atoms with Crippen molar-refractivity contribution in [1.82, 2.24) is 4.90 Å². The van der Waals surface area contributed by atoms with Gasteiger partial charge in [-0.3, -0.25) is 4.79 Å². The Morgan fingerprint density at radius 1 is 1.73 bits per heavy atom. The third-order valence-corrected chi connectivity index (χ3v) is 2.53. The van der Waals surface area contributed by atoms with Crippen molar-refractivity contribution in [1.29, 1.82) is 0 Å². The number of rotatable bonds is 1. The van der Waals surface area contributed by atoms with Crippen molar-refractivity contribution >= 4 is 17.5 Å². The van der Waals surface area contributed by atoms with Gasteiger partial charge in [0, 0.05) is 37.9 Å². The second kappa shape index (κ2) is 3.41. The van der Waals surface area contributed by atoms with Gasteiger partial charge in [-0.2, -0.15) is 0 Å². The molecule has 0 aromatic rings. The molecule has 1 rings (SSSR count). The van der Waals surface area contributed by atoms with Crippen LogP contribution in [0.4, 0.5) is 0 Å². The number of nitrogens with zero attached hydrogens (tertiary/aromatic N) is 1. The van der Waals surface area contributed by atoms with Crippen molar-refractivity contribution in [2.45, 2.75) is 13.0 Å². The van der Waals surface area contributed by atoms with Crippen molar-refractivity contribution < 1.29 is 4.79 Å². The van der Waals surface area contributed by atoms with Gasteiger partial charge in [0.1, 0.15) is 0 Å². The van der Waals surface area contributed by atoms with Crippen LogP contribution >= 0.6 is 11.6 Å². The van der Waals surface area contributed by atoms with E-state index in [0.717, 1.165) is 6.54 Å². The molecule has 11 heavy (non-hydrogen) atoms. The molecule has 0 aliphatic carbocycles. The second-order valence-electron chi connectivity index (χ2n) is 3.00. The number of carbonyl (C=O) groups excluding carboxylic acids is 1. The van der Waals surface area contributed by atoms with Gasteiger partial charge in [0.25, 0.3) is 0 Å². The lowest BCUT2D eigenvalue weighted by Crippen LogP contribution is -2.31. The van der Waals surface area contributed by atoms with Crippen LogP contribution in [0, 0.1) is 5.92 Å². The molecule has 3 nitrogen and oxygen atoms in total. The molecule has 64 valence electrons. The van der Waals surface area contributed by atoms with Gasteiger partial charge in [-0.25, -0.2) is 0 Å². The molecule has 1 fully saturated rings. The number of hydrogen-bond donors (Lipinski definition) is 1. The summed E-state index contributed by atoms with van der Waals surface area (Å²) in [6.07, 6.45) is 0. The molecule has 0 radical (unpaired) electrons. The lowest BCUT2D eigenvalue weighted by atomic mass is 10.1. The summed E-state index contributed by atoms with van der Waals surface area (Å²) in [5.41, 5.74) is 5.74. The zero-order chi connectivity index (χ0) is 8.43. The minimum Gasteiger partial charge on any atom is -0.341 e. The van der Waals surface area contributed by atoms with E-state index in [4.69, 9.17) is 17.3 Å². The van der Waals surface area contributed by atoms with Crippen LogP contribution in [-0.4, -0.2) is 35.8 Å². The van der Waals surface area contributed by atoms with E-state index in [0.29, 0.717) is 12.4 Å². The Labute approximate surface area is 71.5 Å². The molecule has 0 aromatic carbocycles. The van der Waals surface area contributed by atoms with Crippen LogP contribution in [0.25, 0.3) is 0 Å². The van der Waals surface area contributed by atoms with E-state index in [-0.39, 0.29) is 17.9 Å². The molecule has 1 heterocycles.